The van der Waals surface area contributed by atoms with Crippen LogP contribution in [0.2, 0.25) is 0 Å². The molecule has 0 fully saturated rings. The summed E-state index contributed by atoms with van der Waals surface area (Å²) in [5, 5.41) is 20.3. The second kappa shape index (κ2) is 6.02. The highest BCUT2D eigenvalue weighted by atomic mass is 79.9. The lowest BCUT2D eigenvalue weighted by Crippen LogP contribution is -2.13. The summed E-state index contributed by atoms with van der Waals surface area (Å²) in [6.45, 7) is 0. The zero-order valence-electron chi connectivity index (χ0n) is 11.0. The summed E-state index contributed by atoms with van der Waals surface area (Å²) in [6, 6.07) is 10.4. The molecule has 1 aliphatic rings. The van der Waals surface area contributed by atoms with Crippen molar-refractivity contribution in [2.24, 2.45) is 10.2 Å². The number of hydrogen-bond donors (Lipinski definition) is 2. The molecule has 110 valence electrons. The number of rotatable bonds is 2. The maximum atomic E-state index is 11.9. The smallest absolute Gasteiger partial charge is 0.276 e. The Morgan fingerprint density at radius 1 is 1.09 bits per heavy atom. The van der Waals surface area contributed by atoms with Crippen molar-refractivity contribution in [3.63, 3.8) is 0 Å². The maximum Gasteiger partial charge on any atom is 0.276 e. The SMILES string of the molecule is O=C1Nc2ccc(Br)cc2/C1=N/N=Cc1cc(Br)ccc1O. The van der Waals surface area contributed by atoms with Crippen LogP contribution in [0.4, 0.5) is 5.69 Å². The van der Waals surface area contributed by atoms with Gasteiger partial charge in [0.15, 0.2) is 5.71 Å². The van der Waals surface area contributed by atoms with Crippen LogP contribution in [0.15, 0.2) is 55.5 Å². The van der Waals surface area contributed by atoms with Crippen molar-refractivity contribution in [2.45, 2.75) is 0 Å². The van der Waals surface area contributed by atoms with Crippen molar-refractivity contribution in [1.29, 1.82) is 0 Å². The van der Waals surface area contributed by atoms with Gasteiger partial charge in [-0.1, -0.05) is 31.9 Å². The number of carbonyl (C=O) groups excluding carboxylic acids is 1. The number of aromatic hydroxyl groups is 1. The molecule has 2 N–H and O–H groups in total. The van der Waals surface area contributed by atoms with E-state index in [1.807, 2.05) is 6.07 Å². The van der Waals surface area contributed by atoms with E-state index in [0.717, 1.165) is 8.95 Å². The van der Waals surface area contributed by atoms with E-state index >= 15 is 0 Å². The average Bonchev–Trinajstić information content (AvgIpc) is 2.78. The summed E-state index contributed by atoms with van der Waals surface area (Å²) >= 11 is 6.68. The van der Waals surface area contributed by atoms with Crippen LogP contribution in [-0.2, 0) is 4.79 Å². The third-order valence-electron chi connectivity index (χ3n) is 3.04. The molecule has 2 aromatic carbocycles. The molecule has 0 saturated carbocycles. The topological polar surface area (TPSA) is 74.0 Å². The first-order chi connectivity index (χ1) is 10.5. The summed E-state index contributed by atoms with van der Waals surface area (Å²) in [5.41, 5.74) is 2.14. The van der Waals surface area contributed by atoms with Gasteiger partial charge in [0.05, 0.1) is 11.9 Å². The molecule has 1 amide bonds. The quantitative estimate of drug-likeness (QED) is 0.572. The molecular formula is C15H9Br2N3O2. The Bertz CT molecular complexity index is 832. The number of anilines is 1. The number of halogens is 2. The summed E-state index contributed by atoms with van der Waals surface area (Å²) in [7, 11) is 0. The normalized spacial score (nSPS) is 15.4. The highest BCUT2D eigenvalue weighted by Gasteiger charge is 2.26. The van der Waals surface area contributed by atoms with Crippen LogP contribution in [0.1, 0.15) is 11.1 Å². The van der Waals surface area contributed by atoms with Crippen molar-refractivity contribution in [1.82, 2.24) is 0 Å². The molecule has 1 heterocycles. The van der Waals surface area contributed by atoms with Crippen LogP contribution >= 0.6 is 31.9 Å². The number of benzene rings is 2. The molecule has 0 aromatic heterocycles. The molecule has 2 aromatic rings. The maximum absolute atomic E-state index is 11.9. The molecule has 0 atom stereocenters. The van der Waals surface area contributed by atoms with Gasteiger partial charge in [-0.15, -0.1) is 5.10 Å². The van der Waals surface area contributed by atoms with Gasteiger partial charge in [-0.3, -0.25) is 4.79 Å². The van der Waals surface area contributed by atoms with Gasteiger partial charge in [0.2, 0.25) is 0 Å². The van der Waals surface area contributed by atoms with E-state index in [2.05, 4.69) is 47.4 Å². The molecule has 0 bridgehead atoms. The molecule has 0 saturated heterocycles. The number of carbonyl (C=O) groups is 1. The minimum Gasteiger partial charge on any atom is -0.507 e. The lowest BCUT2D eigenvalue weighted by Gasteiger charge is -1.98. The number of phenols is 1. The molecule has 0 spiro atoms. The van der Waals surface area contributed by atoms with E-state index in [4.69, 9.17) is 0 Å². The Labute approximate surface area is 143 Å². The number of hydrogen-bond acceptors (Lipinski definition) is 4. The van der Waals surface area contributed by atoms with Crippen molar-refractivity contribution in [3.8, 4) is 5.75 Å². The number of fused-ring (bicyclic) bond motifs is 1. The van der Waals surface area contributed by atoms with Crippen LogP contribution in [0.3, 0.4) is 0 Å². The summed E-state index contributed by atoms with van der Waals surface area (Å²) in [6.07, 6.45) is 1.40. The lowest BCUT2D eigenvalue weighted by molar-refractivity contribution is -0.110. The Hall–Kier alpha value is -1.99. The van der Waals surface area contributed by atoms with Gasteiger partial charge >= 0.3 is 0 Å². The van der Waals surface area contributed by atoms with E-state index < -0.39 is 0 Å². The lowest BCUT2D eigenvalue weighted by atomic mass is 10.1. The Morgan fingerprint density at radius 3 is 2.64 bits per heavy atom. The Balaban J connectivity index is 1.93. The van der Waals surface area contributed by atoms with E-state index in [-0.39, 0.29) is 17.4 Å². The zero-order valence-corrected chi connectivity index (χ0v) is 14.2. The fourth-order valence-electron chi connectivity index (χ4n) is 2.00. The molecule has 7 heteroatoms. The van der Waals surface area contributed by atoms with Crippen molar-refractivity contribution < 1.29 is 9.90 Å². The molecule has 5 nitrogen and oxygen atoms in total. The molecule has 1 aliphatic heterocycles. The van der Waals surface area contributed by atoms with Gasteiger partial charge in [-0.25, -0.2) is 0 Å². The first kappa shape index (κ1) is 14.9. The summed E-state index contributed by atoms with van der Waals surface area (Å²) < 4.78 is 1.66. The Kier molecular flexibility index (Phi) is 4.08. The second-order valence-electron chi connectivity index (χ2n) is 4.54. The average molecular weight is 423 g/mol. The summed E-state index contributed by atoms with van der Waals surface area (Å²) in [5.74, 6) is -0.213. The van der Waals surface area contributed by atoms with Crippen LogP contribution in [0.5, 0.6) is 5.75 Å². The number of nitrogens with zero attached hydrogens (tertiary/aromatic N) is 2. The molecule has 0 unspecified atom stereocenters. The number of phenolic OH excluding ortho intramolecular Hbond substituents is 1. The fraction of sp³-hybridized carbons (Fsp3) is 0. The monoisotopic (exact) mass is 421 g/mol. The van der Waals surface area contributed by atoms with E-state index in [1.54, 1.807) is 30.3 Å². The third kappa shape index (κ3) is 2.95. The van der Waals surface area contributed by atoms with Gasteiger partial charge in [0.25, 0.3) is 5.91 Å². The zero-order chi connectivity index (χ0) is 15.7. The predicted octanol–water partition coefficient (Wildman–Crippen LogP) is 3.69. The van der Waals surface area contributed by atoms with Gasteiger partial charge in [-0.2, -0.15) is 5.10 Å². The van der Waals surface area contributed by atoms with Gasteiger partial charge in [0, 0.05) is 20.1 Å². The standard InChI is InChI=1S/C15H9Br2N3O2/c16-9-2-4-13(21)8(5-9)7-18-20-14-11-6-10(17)1-3-12(11)19-15(14)22/h1-7,21H,(H,19,20,22). The number of amides is 1. The first-order valence-electron chi connectivity index (χ1n) is 6.25. The van der Waals surface area contributed by atoms with Crippen molar-refractivity contribution >= 4 is 55.4 Å². The third-order valence-corrected chi connectivity index (χ3v) is 4.03. The summed E-state index contributed by atoms with van der Waals surface area (Å²) in [4.78, 5) is 11.9. The molecular weight excluding hydrogens is 414 g/mol. The van der Waals surface area contributed by atoms with Gasteiger partial charge < -0.3 is 10.4 Å². The van der Waals surface area contributed by atoms with E-state index in [1.165, 1.54) is 6.21 Å². The predicted molar refractivity (Wildman–Crippen MR) is 92.7 cm³/mol. The van der Waals surface area contributed by atoms with Gasteiger partial charge in [-0.05, 0) is 36.4 Å². The fourth-order valence-corrected chi connectivity index (χ4v) is 2.74. The van der Waals surface area contributed by atoms with Crippen LogP contribution in [0, 0.1) is 0 Å². The molecule has 3 rings (SSSR count). The largest absolute Gasteiger partial charge is 0.507 e. The number of nitrogens with one attached hydrogen (secondary N) is 1. The minimum absolute atomic E-state index is 0.0890. The van der Waals surface area contributed by atoms with Crippen molar-refractivity contribution in [2.75, 3.05) is 5.32 Å². The molecule has 22 heavy (non-hydrogen) atoms. The van der Waals surface area contributed by atoms with Crippen LogP contribution in [0.25, 0.3) is 0 Å². The van der Waals surface area contributed by atoms with Crippen molar-refractivity contribution in [3.05, 3.63) is 56.5 Å². The Morgan fingerprint density at radius 2 is 1.82 bits per heavy atom. The van der Waals surface area contributed by atoms with Crippen LogP contribution in [-0.4, -0.2) is 22.9 Å². The highest BCUT2D eigenvalue weighted by Crippen LogP contribution is 2.27. The van der Waals surface area contributed by atoms with E-state index in [0.29, 0.717) is 16.8 Å². The molecule has 0 radical (unpaired) electrons. The minimum atomic E-state index is -0.302. The first-order valence-corrected chi connectivity index (χ1v) is 7.84. The second-order valence-corrected chi connectivity index (χ2v) is 6.37. The highest BCUT2D eigenvalue weighted by molar-refractivity contribution is 9.10. The van der Waals surface area contributed by atoms with Gasteiger partial charge in [0.1, 0.15) is 5.75 Å². The van der Waals surface area contributed by atoms with Crippen LogP contribution < -0.4 is 5.32 Å². The molecule has 0 aliphatic carbocycles. The van der Waals surface area contributed by atoms with E-state index in [9.17, 15) is 9.90 Å².